The van der Waals surface area contributed by atoms with Gasteiger partial charge >= 0.3 is 0 Å². The molecule has 1 aromatic carbocycles. The third-order valence-corrected chi connectivity index (χ3v) is 4.05. The predicted octanol–water partition coefficient (Wildman–Crippen LogP) is 4.68. The van der Waals surface area contributed by atoms with Gasteiger partial charge in [0.2, 0.25) is 5.88 Å². The first kappa shape index (κ1) is 16.5. The molecule has 124 valence electrons. The Morgan fingerprint density at radius 2 is 2.04 bits per heavy atom. The lowest BCUT2D eigenvalue weighted by atomic mass is 10.0. The number of aromatic nitrogens is 1. The van der Waals surface area contributed by atoms with Gasteiger partial charge in [-0.1, -0.05) is 11.6 Å². The summed E-state index contributed by atoms with van der Waals surface area (Å²) in [5.41, 5.74) is 4.43. The molecule has 0 bridgehead atoms. The van der Waals surface area contributed by atoms with Crippen molar-refractivity contribution in [2.45, 2.75) is 13.8 Å². The Labute approximate surface area is 145 Å². The van der Waals surface area contributed by atoms with Crippen LogP contribution >= 0.6 is 11.6 Å². The Kier molecular flexibility index (Phi) is 4.53. The van der Waals surface area contributed by atoms with Crippen LogP contribution in [0.2, 0.25) is 5.02 Å². The molecule has 0 atom stereocenters. The molecule has 6 heteroatoms. The van der Waals surface area contributed by atoms with Gasteiger partial charge in [0, 0.05) is 24.5 Å². The second kappa shape index (κ2) is 6.61. The highest BCUT2D eigenvalue weighted by Crippen LogP contribution is 2.32. The molecule has 2 heterocycles. The third-order valence-electron chi connectivity index (χ3n) is 3.78. The molecule has 0 spiro atoms. The maximum absolute atomic E-state index is 13.1. The molecule has 0 fully saturated rings. The summed E-state index contributed by atoms with van der Waals surface area (Å²) in [5.74, 6) is 0.286. The summed E-state index contributed by atoms with van der Waals surface area (Å²) in [6.45, 7) is 4.70. The summed E-state index contributed by atoms with van der Waals surface area (Å²) < 4.78 is 18.7. The van der Waals surface area contributed by atoms with Gasteiger partial charge in [0.15, 0.2) is 0 Å². The van der Waals surface area contributed by atoms with E-state index in [4.69, 9.17) is 16.3 Å². The Morgan fingerprint density at radius 1 is 1.25 bits per heavy atom. The highest BCUT2D eigenvalue weighted by molar-refractivity contribution is 6.31. The lowest BCUT2D eigenvalue weighted by Gasteiger charge is -2.27. The molecular weight excluding hydrogens is 329 g/mol. The molecule has 0 saturated carbocycles. The zero-order valence-corrected chi connectivity index (χ0v) is 14.4. The highest BCUT2D eigenvalue weighted by atomic mass is 35.5. The molecule has 3 rings (SSSR count). The fraction of sp³-hybridized carbons (Fsp3) is 0.222. The summed E-state index contributed by atoms with van der Waals surface area (Å²) in [6, 6.07) is 6.94. The van der Waals surface area contributed by atoms with E-state index in [-0.39, 0.29) is 10.9 Å². The standard InChI is InChI=1S/C18H17ClFN3O/c1-11-6-14(24-18-16(19)7-13(20)9-22-18)4-5-15(11)17-12(2)8-21-10-23(17)3/h4-9H,10H2,1-3H3. The molecule has 0 unspecified atom stereocenters. The molecule has 2 aromatic rings. The lowest BCUT2D eigenvalue weighted by molar-refractivity contribution is 0.458. The van der Waals surface area contributed by atoms with E-state index < -0.39 is 5.82 Å². The number of aryl methyl sites for hydroxylation is 1. The largest absolute Gasteiger partial charge is 0.438 e. The SMILES string of the molecule is CC1=C(c2ccc(Oc3ncc(F)cc3Cl)cc2C)N(C)CN=C1. The van der Waals surface area contributed by atoms with Crippen LogP contribution in [0.3, 0.4) is 0 Å². The van der Waals surface area contributed by atoms with Crippen LogP contribution in [0.15, 0.2) is 41.0 Å². The van der Waals surface area contributed by atoms with Gasteiger partial charge in [-0.15, -0.1) is 0 Å². The number of hydrogen-bond donors (Lipinski definition) is 0. The van der Waals surface area contributed by atoms with Crippen molar-refractivity contribution in [3.8, 4) is 11.6 Å². The molecule has 4 nitrogen and oxygen atoms in total. The molecule has 0 saturated heterocycles. The van der Waals surface area contributed by atoms with Gasteiger partial charge in [0.1, 0.15) is 23.3 Å². The first-order valence-electron chi connectivity index (χ1n) is 7.47. The summed E-state index contributed by atoms with van der Waals surface area (Å²) in [7, 11) is 2.02. The van der Waals surface area contributed by atoms with Gasteiger partial charge in [-0.3, -0.25) is 4.99 Å². The lowest BCUT2D eigenvalue weighted by Crippen LogP contribution is -2.22. The van der Waals surface area contributed by atoms with Crippen LogP contribution in [0.25, 0.3) is 5.70 Å². The maximum Gasteiger partial charge on any atom is 0.238 e. The Bertz CT molecular complexity index is 848. The minimum Gasteiger partial charge on any atom is -0.438 e. The van der Waals surface area contributed by atoms with Crippen molar-refractivity contribution in [3.05, 3.63) is 58.0 Å². The number of aliphatic imine (C=N–C) groups is 1. The molecule has 1 aliphatic rings. The second-order valence-corrected chi connectivity index (χ2v) is 6.11. The number of nitrogens with zero attached hydrogens (tertiary/aromatic N) is 3. The molecule has 24 heavy (non-hydrogen) atoms. The van der Waals surface area contributed by atoms with E-state index >= 15 is 0 Å². The van der Waals surface area contributed by atoms with Crippen LogP contribution in [0.5, 0.6) is 11.6 Å². The number of halogens is 2. The van der Waals surface area contributed by atoms with Gasteiger partial charge < -0.3 is 9.64 Å². The van der Waals surface area contributed by atoms with Gasteiger partial charge in [-0.2, -0.15) is 0 Å². The van der Waals surface area contributed by atoms with Crippen LogP contribution < -0.4 is 4.74 Å². The molecule has 1 aromatic heterocycles. The summed E-state index contributed by atoms with van der Waals surface area (Å²) in [5, 5.41) is 0.138. The van der Waals surface area contributed by atoms with Crippen LogP contribution in [-0.2, 0) is 0 Å². The van der Waals surface area contributed by atoms with E-state index in [1.54, 1.807) is 0 Å². The van der Waals surface area contributed by atoms with Crippen molar-refractivity contribution in [2.75, 3.05) is 13.7 Å². The summed E-state index contributed by atoms with van der Waals surface area (Å²) in [4.78, 5) is 10.3. The minimum atomic E-state index is -0.497. The number of ether oxygens (including phenoxy) is 1. The summed E-state index contributed by atoms with van der Waals surface area (Å²) >= 11 is 5.95. The number of benzene rings is 1. The molecule has 0 amide bonds. The topological polar surface area (TPSA) is 37.7 Å². The number of hydrogen-bond acceptors (Lipinski definition) is 4. The molecular formula is C18H17ClFN3O. The van der Waals surface area contributed by atoms with E-state index in [9.17, 15) is 4.39 Å². The van der Waals surface area contributed by atoms with Crippen LogP contribution in [0, 0.1) is 12.7 Å². The second-order valence-electron chi connectivity index (χ2n) is 5.70. The molecule has 0 aliphatic carbocycles. The van der Waals surface area contributed by atoms with E-state index in [1.165, 1.54) is 6.07 Å². The molecule has 0 radical (unpaired) electrons. The smallest absolute Gasteiger partial charge is 0.238 e. The van der Waals surface area contributed by atoms with Gasteiger partial charge in [0.25, 0.3) is 0 Å². The fourth-order valence-electron chi connectivity index (χ4n) is 2.71. The fourth-order valence-corrected chi connectivity index (χ4v) is 2.90. The Morgan fingerprint density at radius 3 is 2.71 bits per heavy atom. The van der Waals surface area contributed by atoms with Crippen LogP contribution in [0.1, 0.15) is 18.1 Å². The van der Waals surface area contributed by atoms with E-state index in [2.05, 4.69) is 14.9 Å². The summed E-state index contributed by atoms with van der Waals surface area (Å²) in [6.07, 6.45) is 2.97. The van der Waals surface area contributed by atoms with E-state index in [1.807, 2.05) is 45.3 Å². The molecule has 1 aliphatic heterocycles. The normalized spacial score (nSPS) is 14.3. The van der Waals surface area contributed by atoms with Crippen molar-refractivity contribution in [1.29, 1.82) is 0 Å². The quantitative estimate of drug-likeness (QED) is 0.810. The van der Waals surface area contributed by atoms with Crippen LogP contribution in [0.4, 0.5) is 4.39 Å². The Balaban J connectivity index is 1.92. The average molecular weight is 346 g/mol. The van der Waals surface area contributed by atoms with Crippen molar-refractivity contribution >= 4 is 23.5 Å². The number of allylic oxidation sites excluding steroid dienone is 1. The van der Waals surface area contributed by atoms with Gasteiger partial charge in [-0.05, 0) is 49.2 Å². The first-order chi connectivity index (χ1) is 11.5. The zero-order valence-electron chi connectivity index (χ0n) is 13.7. The molecule has 0 N–H and O–H groups in total. The van der Waals surface area contributed by atoms with Crippen molar-refractivity contribution in [3.63, 3.8) is 0 Å². The third kappa shape index (κ3) is 3.26. The van der Waals surface area contributed by atoms with Crippen molar-refractivity contribution in [1.82, 2.24) is 9.88 Å². The predicted molar refractivity (Wildman–Crippen MR) is 94.2 cm³/mol. The zero-order chi connectivity index (χ0) is 17.3. The number of pyridine rings is 1. The minimum absolute atomic E-state index is 0.138. The van der Waals surface area contributed by atoms with Gasteiger partial charge in [-0.25, -0.2) is 9.37 Å². The highest BCUT2D eigenvalue weighted by Gasteiger charge is 2.16. The van der Waals surface area contributed by atoms with Crippen molar-refractivity contribution in [2.24, 2.45) is 4.99 Å². The van der Waals surface area contributed by atoms with E-state index in [0.717, 1.165) is 28.6 Å². The number of rotatable bonds is 3. The Hall–Kier alpha value is -2.40. The van der Waals surface area contributed by atoms with Gasteiger partial charge in [0.05, 0.1) is 6.20 Å². The maximum atomic E-state index is 13.1. The first-order valence-corrected chi connectivity index (χ1v) is 7.85. The monoisotopic (exact) mass is 345 g/mol. The van der Waals surface area contributed by atoms with Crippen LogP contribution in [-0.4, -0.2) is 29.8 Å². The average Bonchev–Trinajstić information content (AvgIpc) is 2.52. The van der Waals surface area contributed by atoms with Crippen molar-refractivity contribution < 1.29 is 9.13 Å². The van der Waals surface area contributed by atoms with E-state index in [0.29, 0.717) is 12.4 Å².